The number of halogens is 1. The van der Waals surface area contributed by atoms with Crippen LogP contribution in [0.3, 0.4) is 0 Å². The van der Waals surface area contributed by atoms with Crippen molar-refractivity contribution < 1.29 is 14.7 Å². The van der Waals surface area contributed by atoms with Gasteiger partial charge in [0.1, 0.15) is 5.75 Å². The van der Waals surface area contributed by atoms with Crippen molar-refractivity contribution in [3.63, 3.8) is 0 Å². The molecular formula is C18H17ClN2O3. The van der Waals surface area contributed by atoms with Crippen LogP contribution in [-0.2, 0) is 16.1 Å². The molecule has 1 aliphatic heterocycles. The Hall–Kier alpha value is -2.53. The lowest BCUT2D eigenvalue weighted by molar-refractivity contribution is -0.128. The molecule has 24 heavy (non-hydrogen) atoms. The third-order valence-electron chi connectivity index (χ3n) is 4.02. The summed E-state index contributed by atoms with van der Waals surface area (Å²) in [7, 11) is 0. The summed E-state index contributed by atoms with van der Waals surface area (Å²) in [6, 6.07) is 13.7. The summed E-state index contributed by atoms with van der Waals surface area (Å²) < 4.78 is 0. The van der Waals surface area contributed by atoms with Gasteiger partial charge in [0, 0.05) is 36.3 Å². The third kappa shape index (κ3) is 3.68. The number of aromatic hydroxyl groups is 1. The van der Waals surface area contributed by atoms with E-state index in [0.29, 0.717) is 23.8 Å². The number of carbonyl (C=O) groups excluding carboxylic acids is 2. The SMILES string of the molecule is O=C(Nc1cccc(O)c1)C1CC(=O)N(Cc2ccccc2Cl)C1. The number of phenolic OH excluding ortho intramolecular Hbond substituents is 1. The largest absolute Gasteiger partial charge is 0.508 e. The molecule has 5 nitrogen and oxygen atoms in total. The zero-order valence-corrected chi connectivity index (χ0v) is 13.7. The van der Waals surface area contributed by atoms with E-state index in [1.807, 2.05) is 18.2 Å². The molecule has 124 valence electrons. The summed E-state index contributed by atoms with van der Waals surface area (Å²) >= 11 is 6.13. The van der Waals surface area contributed by atoms with Crippen molar-refractivity contribution in [1.82, 2.24) is 4.90 Å². The van der Waals surface area contributed by atoms with Gasteiger partial charge in [0.15, 0.2) is 0 Å². The predicted molar refractivity (Wildman–Crippen MR) is 91.7 cm³/mol. The first-order chi connectivity index (χ1) is 11.5. The summed E-state index contributed by atoms with van der Waals surface area (Å²) in [6.07, 6.45) is 0.176. The Labute approximate surface area is 144 Å². The highest BCUT2D eigenvalue weighted by molar-refractivity contribution is 6.31. The minimum atomic E-state index is -0.415. The van der Waals surface area contributed by atoms with Crippen molar-refractivity contribution in [2.45, 2.75) is 13.0 Å². The van der Waals surface area contributed by atoms with E-state index in [1.165, 1.54) is 12.1 Å². The lowest BCUT2D eigenvalue weighted by Crippen LogP contribution is -2.28. The van der Waals surface area contributed by atoms with Gasteiger partial charge in [0.05, 0.1) is 5.92 Å². The Morgan fingerprint density at radius 2 is 2.04 bits per heavy atom. The summed E-state index contributed by atoms with van der Waals surface area (Å²) in [5.41, 5.74) is 1.37. The maximum Gasteiger partial charge on any atom is 0.229 e. The van der Waals surface area contributed by atoms with Crippen molar-refractivity contribution >= 4 is 29.1 Å². The van der Waals surface area contributed by atoms with Crippen LogP contribution in [0.4, 0.5) is 5.69 Å². The summed E-state index contributed by atoms with van der Waals surface area (Å²) in [5.74, 6) is -0.625. The van der Waals surface area contributed by atoms with E-state index >= 15 is 0 Å². The minimum absolute atomic E-state index is 0.0639. The van der Waals surface area contributed by atoms with Crippen molar-refractivity contribution in [1.29, 1.82) is 0 Å². The first-order valence-corrected chi connectivity index (χ1v) is 8.02. The quantitative estimate of drug-likeness (QED) is 0.895. The molecule has 0 spiro atoms. The highest BCUT2D eigenvalue weighted by Gasteiger charge is 2.34. The molecule has 1 heterocycles. The second-order valence-electron chi connectivity index (χ2n) is 5.81. The summed E-state index contributed by atoms with van der Waals surface area (Å²) in [4.78, 5) is 26.2. The second kappa shape index (κ2) is 6.93. The minimum Gasteiger partial charge on any atom is -0.508 e. The number of hydrogen-bond acceptors (Lipinski definition) is 3. The fourth-order valence-corrected chi connectivity index (χ4v) is 2.96. The van der Waals surface area contributed by atoms with Crippen LogP contribution in [-0.4, -0.2) is 28.4 Å². The lowest BCUT2D eigenvalue weighted by atomic mass is 10.1. The molecule has 1 saturated heterocycles. The Kier molecular flexibility index (Phi) is 4.71. The highest BCUT2D eigenvalue weighted by atomic mass is 35.5. The van der Waals surface area contributed by atoms with Gasteiger partial charge in [-0.15, -0.1) is 0 Å². The van der Waals surface area contributed by atoms with E-state index in [4.69, 9.17) is 11.6 Å². The Morgan fingerprint density at radius 1 is 1.25 bits per heavy atom. The Bertz CT molecular complexity index is 778. The average Bonchev–Trinajstić information content (AvgIpc) is 2.91. The van der Waals surface area contributed by atoms with Crippen LogP contribution in [0.25, 0.3) is 0 Å². The van der Waals surface area contributed by atoms with Crippen LogP contribution in [0.2, 0.25) is 5.02 Å². The lowest BCUT2D eigenvalue weighted by Gasteiger charge is -2.17. The molecule has 2 N–H and O–H groups in total. The topological polar surface area (TPSA) is 69.6 Å². The molecule has 1 aliphatic rings. The zero-order valence-electron chi connectivity index (χ0n) is 12.9. The van der Waals surface area contributed by atoms with E-state index < -0.39 is 5.92 Å². The smallest absolute Gasteiger partial charge is 0.229 e. The van der Waals surface area contributed by atoms with E-state index in [0.717, 1.165) is 5.56 Å². The molecule has 2 amide bonds. The number of nitrogens with one attached hydrogen (secondary N) is 1. The van der Waals surface area contributed by atoms with Crippen LogP contribution < -0.4 is 5.32 Å². The highest BCUT2D eigenvalue weighted by Crippen LogP contribution is 2.25. The average molecular weight is 345 g/mol. The fraction of sp³-hybridized carbons (Fsp3) is 0.222. The molecule has 0 saturated carbocycles. The van der Waals surface area contributed by atoms with Gasteiger partial charge >= 0.3 is 0 Å². The number of likely N-dealkylation sites (tertiary alicyclic amines) is 1. The molecule has 6 heteroatoms. The maximum atomic E-state index is 12.3. The summed E-state index contributed by atoms with van der Waals surface area (Å²) in [6.45, 7) is 0.753. The van der Waals surface area contributed by atoms with Gasteiger partial charge in [-0.2, -0.15) is 0 Å². The molecule has 2 aromatic carbocycles. The second-order valence-corrected chi connectivity index (χ2v) is 6.21. The molecular weight excluding hydrogens is 328 g/mol. The summed E-state index contributed by atoms with van der Waals surface area (Å²) in [5, 5.41) is 12.8. The van der Waals surface area contributed by atoms with Crippen LogP contribution in [0.5, 0.6) is 5.75 Å². The number of anilines is 1. The van der Waals surface area contributed by atoms with Gasteiger partial charge in [-0.3, -0.25) is 9.59 Å². The van der Waals surface area contributed by atoms with E-state index in [9.17, 15) is 14.7 Å². The zero-order chi connectivity index (χ0) is 17.1. The normalized spacial score (nSPS) is 17.1. The van der Waals surface area contributed by atoms with Crippen molar-refractivity contribution in [2.24, 2.45) is 5.92 Å². The number of amides is 2. The van der Waals surface area contributed by atoms with Crippen molar-refractivity contribution in [3.05, 3.63) is 59.1 Å². The van der Waals surface area contributed by atoms with Crippen molar-refractivity contribution in [3.8, 4) is 5.75 Å². The molecule has 1 atom stereocenters. The molecule has 0 bridgehead atoms. The van der Waals surface area contributed by atoms with Gasteiger partial charge in [0.2, 0.25) is 11.8 Å². The van der Waals surface area contributed by atoms with Crippen LogP contribution in [0.15, 0.2) is 48.5 Å². The van der Waals surface area contributed by atoms with Gasteiger partial charge in [-0.1, -0.05) is 35.9 Å². The third-order valence-corrected chi connectivity index (χ3v) is 4.39. The molecule has 1 unspecified atom stereocenters. The van der Waals surface area contributed by atoms with Gasteiger partial charge in [0.25, 0.3) is 0 Å². The standard InChI is InChI=1S/C18H17ClN2O3/c19-16-7-2-1-4-12(16)10-21-11-13(8-17(21)23)18(24)20-14-5-3-6-15(22)9-14/h1-7,9,13,22H,8,10-11H2,(H,20,24). The van der Waals surface area contributed by atoms with Crippen LogP contribution >= 0.6 is 11.6 Å². The van der Waals surface area contributed by atoms with Crippen LogP contribution in [0.1, 0.15) is 12.0 Å². The van der Waals surface area contributed by atoms with Crippen LogP contribution in [0, 0.1) is 5.92 Å². The van der Waals surface area contributed by atoms with E-state index in [2.05, 4.69) is 5.32 Å². The molecule has 0 radical (unpaired) electrons. The number of rotatable bonds is 4. The molecule has 3 rings (SSSR count). The molecule has 0 aliphatic carbocycles. The first-order valence-electron chi connectivity index (χ1n) is 7.64. The fourth-order valence-electron chi connectivity index (χ4n) is 2.76. The van der Waals surface area contributed by atoms with Gasteiger partial charge in [-0.25, -0.2) is 0 Å². The van der Waals surface area contributed by atoms with E-state index in [-0.39, 0.29) is 24.0 Å². The number of benzene rings is 2. The van der Waals surface area contributed by atoms with Gasteiger partial charge < -0.3 is 15.3 Å². The number of carbonyl (C=O) groups is 2. The maximum absolute atomic E-state index is 12.3. The Morgan fingerprint density at radius 3 is 2.79 bits per heavy atom. The van der Waals surface area contributed by atoms with Crippen molar-refractivity contribution in [2.75, 3.05) is 11.9 Å². The van der Waals surface area contributed by atoms with E-state index in [1.54, 1.807) is 23.1 Å². The predicted octanol–water partition coefficient (Wildman–Crippen LogP) is 3.03. The number of phenols is 1. The molecule has 0 aromatic heterocycles. The number of nitrogens with zero attached hydrogens (tertiary/aromatic N) is 1. The van der Waals surface area contributed by atoms with Gasteiger partial charge in [-0.05, 0) is 23.8 Å². The molecule has 1 fully saturated rings. The monoisotopic (exact) mass is 344 g/mol. The Balaban J connectivity index is 1.64. The molecule has 2 aromatic rings. The first kappa shape index (κ1) is 16.3. The number of hydrogen-bond donors (Lipinski definition) is 2.